The third-order valence-electron chi connectivity index (χ3n) is 2.38. The molecule has 3 N–H and O–H groups in total. The van der Waals surface area contributed by atoms with Gasteiger partial charge in [0.15, 0.2) is 0 Å². The van der Waals surface area contributed by atoms with Crippen LogP contribution in [0.4, 0.5) is 0 Å². The summed E-state index contributed by atoms with van der Waals surface area (Å²) in [6.45, 7) is 0. The van der Waals surface area contributed by atoms with Crippen LogP contribution in [0, 0.1) is 0 Å². The van der Waals surface area contributed by atoms with Crippen LogP contribution in [0.3, 0.4) is 0 Å². The molecule has 0 amide bonds. The second-order valence-corrected chi connectivity index (χ2v) is 3.90. The molecule has 1 atom stereocenters. The Balaban J connectivity index is 0. The maximum Gasteiger partial charge on any atom is 1.00 e. The van der Waals surface area contributed by atoms with Crippen LogP contribution < -0.4 is 40.8 Å². The summed E-state index contributed by atoms with van der Waals surface area (Å²) in [6.07, 6.45) is -0.125. The molecule has 0 radical (unpaired) electrons. The first-order valence-corrected chi connectivity index (χ1v) is 5.97. The normalized spacial score (nSPS) is 11.0. The molecule has 0 saturated carbocycles. The summed E-state index contributed by atoms with van der Waals surface area (Å²) >= 11 is 0. The number of nitrogens with one attached hydrogen (secondary N) is 1. The third-order valence-corrected chi connectivity index (χ3v) is 2.38. The number of hydrogen-bond donors (Lipinski definition) is 2. The maximum absolute atomic E-state index is 11.6. The van der Waals surface area contributed by atoms with Crippen molar-refractivity contribution in [3.63, 3.8) is 0 Å². The third kappa shape index (κ3) is 7.35. The van der Waals surface area contributed by atoms with Crippen molar-refractivity contribution in [2.24, 2.45) is 5.73 Å². The van der Waals surface area contributed by atoms with Crippen molar-refractivity contribution in [2.45, 2.75) is 18.9 Å². The second-order valence-electron chi connectivity index (χ2n) is 3.90. The van der Waals surface area contributed by atoms with Crippen LogP contribution in [0.1, 0.15) is 24.6 Å². The van der Waals surface area contributed by atoms with Crippen LogP contribution in [-0.4, -0.2) is 31.0 Å². The van der Waals surface area contributed by atoms with E-state index in [-0.39, 0.29) is 49.4 Å². The predicted octanol–water partition coefficient (Wildman–Crippen LogP) is -2.73. The molecule has 21 heavy (non-hydrogen) atoms. The van der Waals surface area contributed by atoms with Crippen molar-refractivity contribution >= 4 is 17.9 Å². The average molecular weight is 304 g/mol. The summed E-state index contributed by atoms with van der Waals surface area (Å²) in [4.78, 5) is 38.6. The zero-order valence-electron chi connectivity index (χ0n) is 13.0. The summed E-state index contributed by atoms with van der Waals surface area (Å²) in [5, 5.41) is 0. The van der Waals surface area contributed by atoms with Gasteiger partial charge in [0.05, 0.1) is 5.56 Å². The fourth-order valence-electron chi connectivity index (χ4n) is 1.36. The summed E-state index contributed by atoms with van der Waals surface area (Å²) in [5.74, 6) is -2.16. The van der Waals surface area contributed by atoms with Crippen LogP contribution >= 0.6 is 0 Å². The van der Waals surface area contributed by atoms with Crippen LogP contribution in [0.5, 0.6) is 0 Å². The Morgan fingerprint density at radius 2 is 1.90 bits per heavy atom. The Morgan fingerprint density at radius 3 is 2.48 bits per heavy atom. The maximum atomic E-state index is 11.6. The molecule has 110 valence electrons. The van der Waals surface area contributed by atoms with E-state index in [0.29, 0.717) is 0 Å². The minimum Gasteiger partial charge on any atom is -1.00 e. The van der Waals surface area contributed by atoms with E-state index in [1.165, 1.54) is 19.2 Å². The number of hydrogen-bond acceptors (Lipinski definition) is 7. The molecule has 0 aliphatic rings. The summed E-state index contributed by atoms with van der Waals surface area (Å²) < 4.78 is 4.63. The zero-order valence-corrected chi connectivity index (χ0v) is 14.0. The minimum atomic E-state index is -0.957. The summed E-state index contributed by atoms with van der Waals surface area (Å²) in [7, 11) is 1.41. The van der Waals surface area contributed by atoms with E-state index in [4.69, 9.17) is 5.73 Å². The SMILES string of the molecule is CNOC(=O)[C@@H](N)CCC(=O)OC(=O)c1ccccc1.[H-].[Na+]. The van der Waals surface area contributed by atoms with Crippen molar-refractivity contribution in [1.29, 1.82) is 0 Å². The Morgan fingerprint density at radius 1 is 1.29 bits per heavy atom. The first-order chi connectivity index (χ1) is 9.54. The van der Waals surface area contributed by atoms with E-state index >= 15 is 0 Å². The Hall–Kier alpha value is -1.25. The fourth-order valence-corrected chi connectivity index (χ4v) is 1.36. The van der Waals surface area contributed by atoms with Gasteiger partial charge in [-0.15, -0.1) is 0 Å². The van der Waals surface area contributed by atoms with Gasteiger partial charge in [-0.05, 0) is 18.6 Å². The summed E-state index contributed by atoms with van der Waals surface area (Å²) in [6, 6.07) is 7.17. The van der Waals surface area contributed by atoms with E-state index in [9.17, 15) is 14.4 Å². The van der Waals surface area contributed by atoms with Crippen molar-refractivity contribution < 1.29 is 54.9 Å². The molecular formula is C13H17N2NaO5. The van der Waals surface area contributed by atoms with Gasteiger partial charge in [0.2, 0.25) is 0 Å². The van der Waals surface area contributed by atoms with Crippen molar-refractivity contribution in [2.75, 3.05) is 7.05 Å². The molecule has 7 nitrogen and oxygen atoms in total. The molecule has 0 aliphatic heterocycles. The molecule has 0 aliphatic carbocycles. The molecule has 0 unspecified atom stereocenters. The van der Waals surface area contributed by atoms with Crippen molar-refractivity contribution in [3.8, 4) is 0 Å². The molecule has 1 aromatic rings. The van der Waals surface area contributed by atoms with Gasteiger partial charge >= 0.3 is 47.5 Å². The van der Waals surface area contributed by atoms with Crippen molar-refractivity contribution in [1.82, 2.24) is 5.48 Å². The number of esters is 2. The molecule has 0 aromatic heterocycles. The fraction of sp³-hybridized carbons (Fsp3) is 0.308. The van der Waals surface area contributed by atoms with Gasteiger partial charge in [-0.3, -0.25) is 4.79 Å². The standard InChI is InChI=1S/C13H16N2O5.Na.H/c1-15-20-13(18)10(14)7-8-11(16)19-12(17)9-5-3-2-4-6-9;;/h2-6,10,15H,7-8,14H2,1H3;;/q;+1;-1/t10-;;/m0../s1. The van der Waals surface area contributed by atoms with Crippen LogP contribution in [0.25, 0.3) is 0 Å². The van der Waals surface area contributed by atoms with E-state index in [2.05, 4.69) is 15.1 Å². The largest absolute Gasteiger partial charge is 1.00 e. The van der Waals surface area contributed by atoms with Gasteiger partial charge in [0.1, 0.15) is 6.04 Å². The Kier molecular flexibility index (Phi) is 9.85. The van der Waals surface area contributed by atoms with Gasteiger partial charge in [-0.2, -0.15) is 5.48 Å². The van der Waals surface area contributed by atoms with E-state index < -0.39 is 23.9 Å². The van der Waals surface area contributed by atoms with Gasteiger partial charge in [0, 0.05) is 13.5 Å². The first-order valence-electron chi connectivity index (χ1n) is 5.97. The Bertz CT molecular complexity index is 487. The van der Waals surface area contributed by atoms with Gasteiger partial charge < -0.3 is 16.7 Å². The molecule has 8 heteroatoms. The molecule has 0 spiro atoms. The van der Waals surface area contributed by atoms with Gasteiger partial charge in [-0.1, -0.05) is 18.2 Å². The van der Waals surface area contributed by atoms with Crippen molar-refractivity contribution in [3.05, 3.63) is 35.9 Å². The number of benzene rings is 1. The zero-order chi connectivity index (χ0) is 15.0. The summed E-state index contributed by atoms with van der Waals surface area (Å²) in [5.41, 5.74) is 7.95. The van der Waals surface area contributed by atoms with Crippen LogP contribution in [0.15, 0.2) is 30.3 Å². The molecule has 0 saturated heterocycles. The van der Waals surface area contributed by atoms with E-state index in [1.54, 1.807) is 18.2 Å². The molecule has 1 aromatic carbocycles. The molecule has 1 rings (SSSR count). The smallest absolute Gasteiger partial charge is 1.00 e. The molecule has 0 fully saturated rings. The first kappa shape index (κ1) is 19.8. The molecule has 0 bridgehead atoms. The monoisotopic (exact) mass is 304 g/mol. The topological polar surface area (TPSA) is 108 Å². The number of ether oxygens (including phenoxy) is 1. The number of hydroxylamine groups is 1. The predicted molar refractivity (Wildman–Crippen MR) is 70.3 cm³/mol. The number of carbonyl (C=O) groups excluding carboxylic acids is 3. The number of nitrogens with two attached hydrogens (primary N) is 1. The van der Waals surface area contributed by atoms with Crippen LogP contribution in [0.2, 0.25) is 0 Å². The van der Waals surface area contributed by atoms with E-state index in [0.717, 1.165) is 0 Å². The minimum absolute atomic E-state index is 0. The average Bonchev–Trinajstić information content (AvgIpc) is 2.45. The quantitative estimate of drug-likeness (QED) is 0.254. The second kappa shape index (κ2) is 10.5. The molecule has 0 heterocycles. The number of rotatable bonds is 6. The van der Waals surface area contributed by atoms with E-state index in [1.807, 2.05) is 0 Å². The van der Waals surface area contributed by atoms with Gasteiger partial charge in [0.25, 0.3) is 0 Å². The molecular weight excluding hydrogens is 287 g/mol. The van der Waals surface area contributed by atoms with Gasteiger partial charge in [-0.25, -0.2) is 9.59 Å². The number of carbonyl (C=O) groups is 3. The van der Waals surface area contributed by atoms with Crippen LogP contribution in [-0.2, 0) is 19.2 Å². The Labute approximate surface area is 145 Å².